The van der Waals surface area contributed by atoms with E-state index in [9.17, 15) is 4.79 Å². The molecule has 0 aliphatic carbocycles. The van der Waals surface area contributed by atoms with Crippen molar-refractivity contribution in [1.82, 2.24) is 5.32 Å². The van der Waals surface area contributed by atoms with Crippen LogP contribution in [0.25, 0.3) is 0 Å². The maximum absolute atomic E-state index is 12.1. The molecule has 0 aromatic heterocycles. The third kappa shape index (κ3) is 2.82. The molecule has 0 saturated carbocycles. The van der Waals surface area contributed by atoms with Gasteiger partial charge in [0, 0.05) is 18.8 Å². The van der Waals surface area contributed by atoms with Crippen molar-refractivity contribution < 1.29 is 9.53 Å². The second-order valence-corrected chi connectivity index (χ2v) is 5.18. The normalized spacial score (nSPS) is 23.0. The van der Waals surface area contributed by atoms with E-state index in [2.05, 4.69) is 5.32 Å². The van der Waals surface area contributed by atoms with Crippen molar-refractivity contribution in [1.29, 1.82) is 0 Å². The quantitative estimate of drug-likeness (QED) is 0.803. The lowest BCUT2D eigenvalue weighted by molar-refractivity contribution is 0.0206. The van der Waals surface area contributed by atoms with Crippen LogP contribution < -0.4 is 11.1 Å². The van der Waals surface area contributed by atoms with Crippen molar-refractivity contribution in [2.45, 2.75) is 32.3 Å². The minimum atomic E-state index is -0.228. The molecule has 98 valence electrons. The predicted molar refractivity (Wildman–Crippen MR) is 71.5 cm³/mol. The average Bonchev–Trinajstić information content (AvgIpc) is 2.77. The molecule has 18 heavy (non-hydrogen) atoms. The van der Waals surface area contributed by atoms with Gasteiger partial charge in [-0.05, 0) is 38.8 Å². The van der Waals surface area contributed by atoms with Gasteiger partial charge >= 0.3 is 0 Å². The predicted octanol–water partition coefficient (Wildman–Crippen LogP) is 1.88. The van der Waals surface area contributed by atoms with Crippen molar-refractivity contribution in [3.05, 3.63) is 29.3 Å². The Morgan fingerprint density at radius 2 is 2.33 bits per heavy atom. The minimum Gasteiger partial charge on any atom is -0.398 e. The molecule has 1 aliphatic heterocycles. The van der Waals surface area contributed by atoms with Crippen molar-refractivity contribution >= 4 is 11.6 Å². The molecule has 4 heteroatoms. The molecule has 1 aliphatic rings. The average molecular weight is 248 g/mol. The van der Waals surface area contributed by atoms with Gasteiger partial charge in [-0.1, -0.05) is 11.6 Å². The first-order chi connectivity index (χ1) is 8.50. The molecular weight excluding hydrogens is 228 g/mol. The van der Waals surface area contributed by atoms with E-state index < -0.39 is 0 Å². The van der Waals surface area contributed by atoms with Gasteiger partial charge < -0.3 is 15.8 Å². The highest BCUT2D eigenvalue weighted by Crippen LogP contribution is 2.24. The number of nitrogens with one attached hydrogen (secondary N) is 1. The largest absolute Gasteiger partial charge is 0.398 e. The molecule has 4 nitrogen and oxygen atoms in total. The summed E-state index contributed by atoms with van der Waals surface area (Å²) in [4.78, 5) is 12.1. The molecule has 0 bridgehead atoms. The lowest BCUT2D eigenvalue weighted by atomic mass is 10.0. The van der Waals surface area contributed by atoms with Gasteiger partial charge in [-0.2, -0.15) is 0 Å². The molecular formula is C14H20N2O2. The van der Waals surface area contributed by atoms with Crippen molar-refractivity contribution in [3.63, 3.8) is 0 Å². The topological polar surface area (TPSA) is 64.4 Å². The number of hydrogen-bond acceptors (Lipinski definition) is 3. The zero-order valence-electron chi connectivity index (χ0n) is 11.0. The van der Waals surface area contributed by atoms with Crippen LogP contribution in [0, 0.1) is 6.92 Å². The molecule has 1 fully saturated rings. The van der Waals surface area contributed by atoms with E-state index in [0.29, 0.717) is 17.8 Å². The summed E-state index contributed by atoms with van der Waals surface area (Å²) in [6.45, 7) is 5.27. The number of aryl methyl sites for hydroxylation is 1. The van der Waals surface area contributed by atoms with Crippen molar-refractivity contribution in [2.24, 2.45) is 0 Å². The van der Waals surface area contributed by atoms with Crippen molar-refractivity contribution in [2.75, 3.05) is 18.9 Å². The summed E-state index contributed by atoms with van der Waals surface area (Å²) in [5, 5.41) is 2.91. The molecule has 1 heterocycles. The highest BCUT2D eigenvalue weighted by Gasteiger charge is 2.30. The summed E-state index contributed by atoms with van der Waals surface area (Å²) in [6, 6.07) is 5.47. The molecule has 1 unspecified atom stereocenters. The van der Waals surface area contributed by atoms with Gasteiger partial charge in [0.2, 0.25) is 0 Å². The molecule has 1 atom stereocenters. The monoisotopic (exact) mass is 248 g/mol. The van der Waals surface area contributed by atoms with E-state index in [1.165, 1.54) is 0 Å². The number of ether oxygens (including phenoxy) is 1. The molecule has 1 aromatic rings. The number of amides is 1. The molecule has 1 saturated heterocycles. The summed E-state index contributed by atoms with van der Waals surface area (Å²) < 4.78 is 5.63. The van der Waals surface area contributed by atoms with Gasteiger partial charge in [-0.25, -0.2) is 0 Å². The Morgan fingerprint density at radius 1 is 1.56 bits per heavy atom. The highest BCUT2D eigenvalue weighted by molar-refractivity contribution is 5.99. The molecule has 2 rings (SSSR count). The molecule has 3 N–H and O–H groups in total. The minimum absolute atomic E-state index is 0.132. The summed E-state index contributed by atoms with van der Waals surface area (Å²) in [5.74, 6) is -0.132. The third-order valence-electron chi connectivity index (χ3n) is 3.38. The standard InChI is InChI=1S/C14H20N2O2/c1-10-4-5-12(15)11(8-10)13(17)16-9-14(2)6-3-7-18-14/h4-5,8H,3,6-7,9,15H2,1-2H3,(H,16,17). The Morgan fingerprint density at radius 3 is 3.00 bits per heavy atom. The maximum atomic E-state index is 12.1. The number of anilines is 1. The van der Waals surface area contributed by atoms with E-state index in [0.717, 1.165) is 25.0 Å². The third-order valence-corrected chi connectivity index (χ3v) is 3.38. The Bertz CT molecular complexity index is 451. The van der Waals surface area contributed by atoms with Crippen LogP contribution in [0.4, 0.5) is 5.69 Å². The van der Waals surface area contributed by atoms with Crippen LogP contribution in [-0.4, -0.2) is 24.7 Å². The smallest absolute Gasteiger partial charge is 0.253 e. The zero-order chi connectivity index (χ0) is 13.2. The van der Waals surface area contributed by atoms with Gasteiger partial charge in [0.05, 0.1) is 11.2 Å². The summed E-state index contributed by atoms with van der Waals surface area (Å²) in [7, 11) is 0. The number of nitrogen functional groups attached to an aromatic ring is 1. The van der Waals surface area contributed by atoms with Crippen LogP contribution in [0.1, 0.15) is 35.7 Å². The Balaban J connectivity index is 2.01. The second-order valence-electron chi connectivity index (χ2n) is 5.18. The summed E-state index contributed by atoms with van der Waals surface area (Å²) >= 11 is 0. The fraction of sp³-hybridized carbons (Fsp3) is 0.500. The van der Waals surface area contributed by atoms with Gasteiger partial charge in [-0.3, -0.25) is 4.79 Å². The number of nitrogens with two attached hydrogens (primary N) is 1. The second kappa shape index (κ2) is 4.98. The van der Waals surface area contributed by atoms with Gasteiger partial charge in [0.25, 0.3) is 5.91 Å². The molecule has 0 radical (unpaired) electrons. The fourth-order valence-corrected chi connectivity index (χ4v) is 2.21. The van der Waals surface area contributed by atoms with Gasteiger partial charge in [-0.15, -0.1) is 0 Å². The maximum Gasteiger partial charge on any atom is 0.253 e. The zero-order valence-corrected chi connectivity index (χ0v) is 11.0. The Hall–Kier alpha value is -1.55. The lowest BCUT2D eigenvalue weighted by Crippen LogP contribution is -2.40. The first-order valence-corrected chi connectivity index (χ1v) is 6.28. The Labute approximate surface area is 108 Å². The van der Waals surface area contributed by atoms with E-state index in [1.807, 2.05) is 26.0 Å². The highest BCUT2D eigenvalue weighted by atomic mass is 16.5. The van der Waals surface area contributed by atoms with E-state index in [1.54, 1.807) is 6.07 Å². The van der Waals surface area contributed by atoms with E-state index in [4.69, 9.17) is 10.5 Å². The molecule has 0 spiro atoms. The van der Waals surface area contributed by atoms with Crippen LogP contribution in [-0.2, 0) is 4.74 Å². The SMILES string of the molecule is Cc1ccc(N)c(C(=O)NCC2(C)CCCO2)c1. The fourth-order valence-electron chi connectivity index (χ4n) is 2.21. The summed E-state index contributed by atoms with van der Waals surface area (Å²) in [5.41, 5.74) is 7.66. The van der Waals surface area contributed by atoms with Crippen molar-refractivity contribution in [3.8, 4) is 0 Å². The van der Waals surface area contributed by atoms with E-state index in [-0.39, 0.29) is 11.5 Å². The van der Waals surface area contributed by atoms with Crippen LogP contribution in [0.2, 0.25) is 0 Å². The van der Waals surface area contributed by atoms with Gasteiger partial charge in [0.15, 0.2) is 0 Å². The number of rotatable bonds is 3. The van der Waals surface area contributed by atoms with Crippen LogP contribution >= 0.6 is 0 Å². The van der Waals surface area contributed by atoms with E-state index >= 15 is 0 Å². The first kappa shape index (κ1) is 12.9. The lowest BCUT2D eigenvalue weighted by Gasteiger charge is -2.23. The van der Waals surface area contributed by atoms with Crippen LogP contribution in [0.3, 0.4) is 0 Å². The summed E-state index contributed by atoms with van der Waals surface area (Å²) in [6.07, 6.45) is 2.04. The van der Waals surface area contributed by atoms with Gasteiger partial charge in [0.1, 0.15) is 0 Å². The van der Waals surface area contributed by atoms with Crippen LogP contribution in [0.5, 0.6) is 0 Å². The Kier molecular flexibility index (Phi) is 3.57. The first-order valence-electron chi connectivity index (χ1n) is 6.28. The molecule has 1 amide bonds. The number of hydrogen-bond donors (Lipinski definition) is 2. The number of benzene rings is 1. The van der Waals surface area contributed by atoms with Crippen LogP contribution in [0.15, 0.2) is 18.2 Å². The number of carbonyl (C=O) groups excluding carboxylic acids is 1. The number of carbonyl (C=O) groups is 1. The molecule has 1 aromatic carbocycles.